The van der Waals surface area contributed by atoms with E-state index in [0.717, 1.165) is 21.1 Å². The molecule has 1 aromatic heterocycles. The molecule has 2 aliphatic heterocycles. The summed E-state index contributed by atoms with van der Waals surface area (Å²) in [4.78, 5) is 53.6. The van der Waals surface area contributed by atoms with E-state index in [2.05, 4.69) is 30.5 Å². The molecular weight excluding hydrogens is 837 g/mol. The second-order valence-corrected chi connectivity index (χ2v) is 18.4. The first-order valence-electron chi connectivity index (χ1n) is 18.9. The number of aryl methyl sites for hydroxylation is 1. The van der Waals surface area contributed by atoms with Crippen LogP contribution in [-0.2, 0) is 56.8 Å². The molecule has 0 spiro atoms. The Morgan fingerprint density at radius 3 is 1.83 bits per heavy atom. The van der Waals surface area contributed by atoms with Gasteiger partial charge in [0, 0.05) is 37.9 Å². The molecule has 3 aromatic carbocycles. The smallest absolute Gasteiger partial charge is 0.328 e. The summed E-state index contributed by atoms with van der Waals surface area (Å²) >= 11 is 1.41. The first-order valence-corrected chi connectivity index (χ1v) is 23.0. The number of aliphatic carboxylic acids is 1. The number of esters is 1. The quantitative estimate of drug-likeness (QED) is 0.0802. The zero-order chi connectivity index (χ0) is 43.5. The summed E-state index contributed by atoms with van der Waals surface area (Å²) < 4.78 is 62.6. The second-order valence-electron chi connectivity index (χ2n) is 14.0. The van der Waals surface area contributed by atoms with E-state index in [9.17, 15) is 41.1 Å². The van der Waals surface area contributed by atoms with Gasteiger partial charge in [0.2, 0.25) is 31.9 Å². The molecule has 0 saturated carbocycles. The second kappa shape index (κ2) is 20.8. The van der Waals surface area contributed by atoms with Gasteiger partial charge in [0.05, 0.1) is 16.9 Å². The van der Waals surface area contributed by atoms with Gasteiger partial charge < -0.3 is 25.2 Å². The topological polar surface area (TPSA) is 250 Å². The Morgan fingerprint density at radius 1 is 0.817 bits per heavy atom. The third-order valence-corrected chi connectivity index (χ3v) is 14.2. The number of ether oxygens (including phenoxy) is 1. The zero-order valence-electron chi connectivity index (χ0n) is 33.2. The summed E-state index contributed by atoms with van der Waals surface area (Å²) in [7, 11) is -6.46. The molecule has 21 heteroatoms. The number of hydrogen-bond donors (Lipinski definition) is 5. The van der Waals surface area contributed by atoms with Gasteiger partial charge in [0.25, 0.3) is 0 Å². The monoisotopic (exact) mass is 884 g/mol. The molecular formula is C39H48N8O10S3. The van der Waals surface area contributed by atoms with Crippen LogP contribution in [0.1, 0.15) is 42.6 Å². The van der Waals surface area contributed by atoms with Crippen LogP contribution in [0.5, 0.6) is 0 Å². The van der Waals surface area contributed by atoms with Crippen molar-refractivity contribution in [3.8, 4) is 0 Å². The molecule has 322 valence electrons. The highest BCUT2D eigenvalue weighted by molar-refractivity contribution is 7.99. The molecule has 2 aliphatic rings. The normalized spacial score (nSPS) is 18.1. The molecule has 0 aliphatic carbocycles. The lowest BCUT2D eigenvalue weighted by atomic mass is 10.1. The Kier molecular flexibility index (Phi) is 15.8. The number of amides is 2. The molecule has 0 radical (unpaired) electrons. The first-order chi connectivity index (χ1) is 28.6. The van der Waals surface area contributed by atoms with Crippen LogP contribution >= 0.6 is 11.9 Å². The highest BCUT2D eigenvalue weighted by Crippen LogP contribution is 2.29. The molecule has 0 bridgehead atoms. The number of aromatic amines is 1. The third kappa shape index (κ3) is 11.5. The molecule has 0 unspecified atom stereocenters. The number of carbonyl (C=O) groups excluding carboxylic acids is 3. The van der Waals surface area contributed by atoms with Gasteiger partial charge in [-0.15, -0.1) is 0 Å². The highest BCUT2D eigenvalue weighted by atomic mass is 32.2. The van der Waals surface area contributed by atoms with Crippen molar-refractivity contribution < 1.29 is 45.9 Å². The Balaban J connectivity index is 0.000000230. The van der Waals surface area contributed by atoms with Crippen molar-refractivity contribution in [3.63, 3.8) is 0 Å². The Bertz CT molecular complexity index is 2300. The number of carboxylic acids is 1. The maximum absolute atomic E-state index is 13.2. The van der Waals surface area contributed by atoms with E-state index in [1.54, 1.807) is 24.3 Å². The molecule has 6 rings (SSSR count). The zero-order valence-corrected chi connectivity index (χ0v) is 35.6. The standard InChI is InChI=1S/C22H27N3O5S2.C17H21N5O5S/c1-30-22(27)19(15-16-7-4-3-5-8-16)23-21(26)20-9-6-14-25(20)32(28,29)18-12-10-17(11-13-18)24-31-2;1-11-4-6-12(7-5-11)28(26,27)22-8-2-3-14(22)16(23)20-13(17(24)25)9-15-18-10-19-21-15/h3-5,7-8,10-13,19-20,24H,6,9,14-15H2,1-2H3,(H,23,26);4-7,10,13-14H,2-3,8-9H2,1H3,(H,20,23)(H,24,25)(H,18,19,21)/t19-,20-;13-,14-/m00/s1. The van der Waals surface area contributed by atoms with Gasteiger partial charge in [-0.1, -0.05) is 60.0 Å². The van der Waals surface area contributed by atoms with Crippen molar-refractivity contribution in [2.75, 3.05) is 31.2 Å². The number of benzene rings is 3. The lowest BCUT2D eigenvalue weighted by Crippen LogP contribution is -2.51. The predicted molar refractivity (Wildman–Crippen MR) is 222 cm³/mol. The van der Waals surface area contributed by atoms with E-state index in [4.69, 9.17) is 4.74 Å². The molecule has 5 N–H and O–H groups in total. The van der Waals surface area contributed by atoms with Gasteiger partial charge in [-0.2, -0.15) is 13.7 Å². The van der Waals surface area contributed by atoms with E-state index in [-0.39, 0.29) is 35.7 Å². The molecule has 2 amide bonds. The number of aromatic nitrogens is 3. The van der Waals surface area contributed by atoms with E-state index in [1.165, 1.54) is 54.0 Å². The molecule has 3 heterocycles. The molecule has 4 aromatic rings. The lowest BCUT2D eigenvalue weighted by molar-refractivity contribution is -0.145. The number of anilines is 1. The van der Waals surface area contributed by atoms with Crippen molar-refractivity contribution >= 4 is 61.4 Å². The summed E-state index contributed by atoms with van der Waals surface area (Å²) in [6.07, 6.45) is 5.07. The van der Waals surface area contributed by atoms with Gasteiger partial charge in [0.1, 0.15) is 36.3 Å². The minimum atomic E-state index is -3.86. The molecule has 60 heavy (non-hydrogen) atoms. The van der Waals surface area contributed by atoms with Crippen molar-refractivity contribution in [2.24, 2.45) is 0 Å². The number of rotatable bonds is 16. The van der Waals surface area contributed by atoms with E-state index in [0.29, 0.717) is 31.5 Å². The molecule has 2 fully saturated rings. The van der Waals surface area contributed by atoms with Gasteiger partial charge in [-0.25, -0.2) is 31.4 Å². The number of carboxylic acid groups (broad SMARTS) is 1. The van der Waals surface area contributed by atoms with Crippen LogP contribution in [0.25, 0.3) is 0 Å². The van der Waals surface area contributed by atoms with Gasteiger partial charge in [-0.3, -0.25) is 14.7 Å². The van der Waals surface area contributed by atoms with Crippen molar-refractivity contribution in [3.05, 3.63) is 102 Å². The van der Waals surface area contributed by atoms with Crippen molar-refractivity contribution in [2.45, 2.75) is 79.4 Å². The average Bonchev–Trinajstić information content (AvgIpc) is 4.05. The van der Waals surface area contributed by atoms with E-state index in [1.807, 2.05) is 43.5 Å². The third-order valence-electron chi connectivity index (χ3n) is 9.88. The van der Waals surface area contributed by atoms with E-state index < -0.39 is 68.0 Å². The van der Waals surface area contributed by atoms with Crippen LogP contribution in [0.4, 0.5) is 5.69 Å². The number of hydrogen-bond acceptors (Lipinski definition) is 13. The van der Waals surface area contributed by atoms with Crippen LogP contribution < -0.4 is 15.4 Å². The summed E-state index contributed by atoms with van der Waals surface area (Å²) in [6.45, 7) is 2.30. The fourth-order valence-corrected chi connectivity index (χ4v) is 10.5. The maximum atomic E-state index is 13.2. The van der Waals surface area contributed by atoms with Gasteiger partial charge in [-0.05, 0) is 74.6 Å². The van der Waals surface area contributed by atoms with Crippen molar-refractivity contribution in [1.82, 2.24) is 34.4 Å². The van der Waals surface area contributed by atoms with Crippen molar-refractivity contribution in [1.29, 1.82) is 0 Å². The summed E-state index contributed by atoms with van der Waals surface area (Å²) in [5.74, 6) is -2.65. The minimum Gasteiger partial charge on any atom is -0.480 e. The van der Waals surface area contributed by atoms with Gasteiger partial charge in [0.15, 0.2) is 0 Å². The lowest BCUT2D eigenvalue weighted by Gasteiger charge is -2.25. The number of nitrogens with one attached hydrogen (secondary N) is 4. The predicted octanol–water partition coefficient (Wildman–Crippen LogP) is 2.51. The number of methoxy groups -OCH3 is 1. The Labute approximate surface area is 353 Å². The number of H-pyrrole nitrogens is 1. The summed E-state index contributed by atoms with van der Waals surface area (Å²) in [5.41, 5.74) is 2.57. The van der Waals surface area contributed by atoms with Crippen LogP contribution in [-0.4, -0.2) is 120 Å². The largest absolute Gasteiger partial charge is 0.480 e. The first kappa shape index (κ1) is 45.7. The average molecular weight is 885 g/mol. The van der Waals surface area contributed by atoms with Crippen LogP contribution in [0, 0.1) is 6.92 Å². The van der Waals surface area contributed by atoms with Crippen LogP contribution in [0.3, 0.4) is 0 Å². The SMILES string of the molecule is COC(=O)[C@H](Cc1ccccc1)NC(=O)[C@@H]1CCCN1S(=O)(=O)c1ccc(NSC)cc1.Cc1ccc(S(=O)(=O)N2CCC[C@H]2C(=O)N[C@@H](Cc2ncn[nH]2)C(=O)O)cc1. The Morgan fingerprint density at radius 2 is 1.35 bits per heavy atom. The minimum absolute atomic E-state index is 0.0848. The molecule has 4 atom stereocenters. The Hall–Kier alpha value is -5.35. The fourth-order valence-electron chi connectivity index (χ4n) is 6.82. The maximum Gasteiger partial charge on any atom is 0.328 e. The highest BCUT2D eigenvalue weighted by Gasteiger charge is 2.42. The number of sulfonamides is 2. The number of nitrogens with zero attached hydrogens (tertiary/aromatic N) is 4. The van der Waals surface area contributed by atoms with Gasteiger partial charge >= 0.3 is 11.9 Å². The number of carbonyl (C=O) groups is 4. The molecule has 2 saturated heterocycles. The summed E-state index contributed by atoms with van der Waals surface area (Å²) in [5, 5.41) is 20.7. The summed E-state index contributed by atoms with van der Waals surface area (Å²) in [6, 6.07) is 18.1. The van der Waals surface area contributed by atoms with E-state index >= 15 is 0 Å². The fraction of sp³-hybridized carbons (Fsp3) is 0.385. The van der Waals surface area contributed by atoms with Crippen LogP contribution in [0.15, 0.2) is 95.0 Å². The van der Waals surface area contributed by atoms with Crippen LogP contribution in [0.2, 0.25) is 0 Å². The molecule has 18 nitrogen and oxygen atoms in total.